The maximum atomic E-state index is 12.6. The van der Waals surface area contributed by atoms with E-state index < -0.39 is 10.0 Å². The number of nitrogens with zero attached hydrogens (tertiary/aromatic N) is 3. The number of hydrogen-bond acceptors (Lipinski definition) is 4. The first-order chi connectivity index (χ1) is 8.96. The number of hydrogen-bond donors (Lipinski definition) is 1. The zero-order valence-electron chi connectivity index (χ0n) is 11.4. The fourth-order valence-corrected chi connectivity index (χ4v) is 4.13. The average molecular weight is 287 g/mol. The molecule has 0 amide bonds. The van der Waals surface area contributed by atoms with Crippen LogP contribution >= 0.6 is 0 Å². The Balaban J connectivity index is 2.35. The van der Waals surface area contributed by atoms with Crippen LogP contribution in [0.2, 0.25) is 0 Å². The molecule has 1 aliphatic heterocycles. The van der Waals surface area contributed by atoms with Gasteiger partial charge in [-0.15, -0.1) is 0 Å². The van der Waals surface area contributed by atoms with E-state index in [2.05, 4.69) is 4.98 Å². The van der Waals surface area contributed by atoms with Crippen LogP contribution in [0.25, 0.3) is 0 Å². The molecule has 108 valence electrons. The Bertz CT molecular complexity index is 519. The van der Waals surface area contributed by atoms with Crippen LogP contribution in [0.4, 0.5) is 0 Å². The van der Waals surface area contributed by atoms with Crippen molar-refractivity contribution < 1.29 is 13.5 Å². The topological polar surface area (TPSA) is 75.4 Å². The first-order valence-corrected chi connectivity index (χ1v) is 8.03. The Kier molecular flexibility index (Phi) is 4.27. The van der Waals surface area contributed by atoms with E-state index in [1.165, 1.54) is 10.5 Å². The Morgan fingerprint density at radius 3 is 2.74 bits per heavy atom. The lowest BCUT2D eigenvalue weighted by Gasteiger charge is -2.26. The summed E-state index contributed by atoms with van der Waals surface area (Å²) in [6.07, 6.45) is 5.04. The van der Waals surface area contributed by atoms with Crippen molar-refractivity contribution in [3.05, 3.63) is 12.0 Å². The standard InChI is InChI=1S/C12H21N3O3S/c1-10-13-12(8-14(10)2)19(17,18)15-7-5-3-4-6-11(15)9-16/h8,11,16H,3-7,9H2,1-2H3. The highest BCUT2D eigenvalue weighted by Gasteiger charge is 2.33. The predicted octanol–water partition coefficient (Wildman–Crippen LogP) is 0.654. The van der Waals surface area contributed by atoms with Crippen LogP contribution < -0.4 is 0 Å². The highest BCUT2D eigenvalue weighted by Crippen LogP contribution is 2.24. The monoisotopic (exact) mass is 287 g/mol. The van der Waals surface area contributed by atoms with Crippen LogP contribution in [0, 0.1) is 6.92 Å². The van der Waals surface area contributed by atoms with Crippen molar-refractivity contribution in [2.75, 3.05) is 13.2 Å². The molecule has 0 spiro atoms. The summed E-state index contributed by atoms with van der Waals surface area (Å²) in [5.41, 5.74) is 0. The summed E-state index contributed by atoms with van der Waals surface area (Å²) in [6.45, 7) is 2.10. The molecule has 0 bridgehead atoms. The van der Waals surface area contributed by atoms with Gasteiger partial charge in [0.1, 0.15) is 5.82 Å². The Labute approximate surface area is 114 Å². The van der Waals surface area contributed by atoms with Gasteiger partial charge in [-0.2, -0.15) is 4.31 Å². The molecule has 2 rings (SSSR count). The summed E-state index contributed by atoms with van der Waals surface area (Å²) in [5, 5.41) is 9.50. The SMILES string of the molecule is Cc1nc(S(=O)(=O)N2CCCCCC2CO)cn1C. The van der Waals surface area contributed by atoms with Crippen LogP contribution in [0.5, 0.6) is 0 Å². The maximum absolute atomic E-state index is 12.6. The lowest BCUT2D eigenvalue weighted by molar-refractivity contribution is 0.186. The van der Waals surface area contributed by atoms with Crippen molar-refractivity contribution in [1.29, 1.82) is 0 Å². The van der Waals surface area contributed by atoms with Gasteiger partial charge in [0.05, 0.1) is 6.61 Å². The van der Waals surface area contributed by atoms with E-state index >= 15 is 0 Å². The highest BCUT2D eigenvalue weighted by atomic mass is 32.2. The number of aryl methyl sites for hydroxylation is 2. The minimum absolute atomic E-state index is 0.0767. The highest BCUT2D eigenvalue weighted by molar-refractivity contribution is 7.89. The molecule has 1 aliphatic rings. The molecule has 1 aromatic rings. The number of aliphatic hydroxyl groups excluding tert-OH is 1. The summed E-state index contributed by atoms with van der Waals surface area (Å²) in [4.78, 5) is 4.11. The summed E-state index contributed by atoms with van der Waals surface area (Å²) >= 11 is 0. The van der Waals surface area contributed by atoms with Gasteiger partial charge in [0, 0.05) is 25.8 Å². The van der Waals surface area contributed by atoms with E-state index in [1.54, 1.807) is 18.5 Å². The molecule has 0 saturated carbocycles. The van der Waals surface area contributed by atoms with Gasteiger partial charge in [-0.1, -0.05) is 12.8 Å². The number of aromatic nitrogens is 2. The maximum Gasteiger partial charge on any atom is 0.262 e. The van der Waals surface area contributed by atoms with Crippen molar-refractivity contribution in [2.24, 2.45) is 7.05 Å². The van der Waals surface area contributed by atoms with Gasteiger partial charge < -0.3 is 9.67 Å². The fourth-order valence-electron chi connectivity index (χ4n) is 2.42. The predicted molar refractivity (Wildman–Crippen MR) is 71.2 cm³/mol. The molecule has 7 heteroatoms. The summed E-state index contributed by atoms with van der Waals surface area (Å²) in [7, 11) is -1.84. The Morgan fingerprint density at radius 2 is 2.16 bits per heavy atom. The van der Waals surface area contributed by atoms with Crippen LogP contribution in [0.1, 0.15) is 31.5 Å². The molecule has 2 heterocycles. The van der Waals surface area contributed by atoms with Crippen molar-refractivity contribution >= 4 is 10.0 Å². The van der Waals surface area contributed by atoms with Crippen molar-refractivity contribution in [1.82, 2.24) is 13.9 Å². The summed E-state index contributed by atoms with van der Waals surface area (Å²) in [5.74, 6) is 0.661. The third-order valence-corrected chi connectivity index (χ3v) is 5.52. The van der Waals surface area contributed by atoms with Crippen molar-refractivity contribution in [3.8, 4) is 0 Å². The molecule has 1 N–H and O–H groups in total. The quantitative estimate of drug-likeness (QED) is 0.886. The van der Waals surface area contributed by atoms with E-state index in [0.717, 1.165) is 19.3 Å². The van der Waals surface area contributed by atoms with Gasteiger partial charge in [-0.25, -0.2) is 13.4 Å². The molecular weight excluding hydrogens is 266 g/mol. The fraction of sp³-hybridized carbons (Fsp3) is 0.750. The second-order valence-corrected chi connectivity index (χ2v) is 6.88. The minimum atomic E-state index is -3.61. The van der Waals surface area contributed by atoms with Crippen molar-refractivity contribution in [3.63, 3.8) is 0 Å². The van der Waals surface area contributed by atoms with Crippen LogP contribution in [0.3, 0.4) is 0 Å². The number of aliphatic hydroxyl groups is 1. The molecule has 19 heavy (non-hydrogen) atoms. The molecule has 0 aliphatic carbocycles. The largest absolute Gasteiger partial charge is 0.395 e. The molecule has 0 radical (unpaired) electrons. The number of sulfonamides is 1. The van der Waals surface area contributed by atoms with Gasteiger partial charge in [-0.05, 0) is 19.8 Å². The van der Waals surface area contributed by atoms with Crippen molar-refractivity contribution in [2.45, 2.75) is 43.7 Å². The lowest BCUT2D eigenvalue weighted by atomic mass is 10.1. The molecule has 1 saturated heterocycles. The van der Waals surface area contributed by atoms with Crippen LogP contribution in [0.15, 0.2) is 11.2 Å². The van der Waals surface area contributed by atoms with Crippen LogP contribution in [-0.2, 0) is 17.1 Å². The minimum Gasteiger partial charge on any atom is -0.395 e. The first kappa shape index (κ1) is 14.5. The molecule has 1 unspecified atom stereocenters. The van der Waals surface area contributed by atoms with Crippen LogP contribution in [-0.4, -0.2) is 46.6 Å². The average Bonchev–Trinajstić information content (AvgIpc) is 2.61. The van der Waals surface area contributed by atoms with E-state index in [9.17, 15) is 13.5 Å². The molecule has 1 atom stereocenters. The molecule has 6 nitrogen and oxygen atoms in total. The van der Waals surface area contributed by atoms with E-state index in [0.29, 0.717) is 18.8 Å². The number of imidazole rings is 1. The third kappa shape index (κ3) is 2.82. The smallest absolute Gasteiger partial charge is 0.262 e. The number of rotatable bonds is 3. The van der Waals surface area contributed by atoms with E-state index in [4.69, 9.17) is 0 Å². The second-order valence-electron chi connectivity index (χ2n) is 5.04. The third-order valence-electron chi connectivity index (χ3n) is 3.69. The molecule has 1 aromatic heterocycles. The van der Waals surface area contributed by atoms with Gasteiger partial charge in [0.25, 0.3) is 10.0 Å². The zero-order chi connectivity index (χ0) is 14.0. The molecule has 1 fully saturated rings. The molecule has 0 aromatic carbocycles. The van der Waals surface area contributed by atoms with Gasteiger partial charge in [0.2, 0.25) is 0 Å². The van der Waals surface area contributed by atoms with Gasteiger partial charge in [-0.3, -0.25) is 0 Å². The normalized spacial score (nSPS) is 22.4. The van der Waals surface area contributed by atoms with E-state index in [1.807, 2.05) is 0 Å². The first-order valence-electron chi connectivity index (χ1n) is 6.59. The summed E-state index contributed by atoms with van der Waals surface area (Å²) in [6, 6.07) is -0.324. The van der Waals surface area contributed by atoms with Gasteiger partial charge in [0.15, 0.2) is 5.03 Å². The van der Waals surface area contributed by atoms with E-state index in [-0.39, 0.29) is 17.7 Å². The Hall–Kier alpha value is -0.920. The Morgan fingerprint density at radius 1 is 1.42 bits per heavy atom. The zero-order valence-corrected chi connectivity index (χ0v) is 12.2. The second kappa shape index (κ2) is 5.60. The summed E-state index contributed by atoms with van der Waals surface area (Å²) < 4.78 is 28.3. The lowest BCUT2D eigenvalue weighted by Crippen LogP contribution is -2.42. The molecular formula is C12H21N3O3S. The van der Waals surface area contributed by atoms with Gasteiger partial charge >= 0.3 is 0 Å².